The van der Waals surface area contributed by atoms with Gasteiger partial charge in [0.1, 0.15) is 5.82 Å². The number of likely N-dealkylation sites (tertiary alicyclic amines) is 1. The Hall–Kier alpha value is -2.66. The van der Waals surface area contributed by atoms with E-state index in [1.54, 1.807) is 12.1 Å². The van der Waals surface area contributed by atoms with Gasteiger partial charge in [-0.1, -0.05) is 24.3 Å². The Morgan fingerprint density at radius 2 is 1.93 bits per heavy atom. The van der Waals surface area contributed by atoms with Gasteiger partial charge in [0.05, 0.1) is 16.6 Å². The lowest BCUT2D eigenvalue weighted by Gasteiger charge is -2.33. The van der Waals surface area contributed by atoms with Crippen LogP contribution in [0.25, 0.3) is 11.0 Å². The number of nitrogens with zero attached hydrogens (tertiary/aromatic N) is 3. The summed E-state index contributed by atoms with van der Waals surface area (Å²) in [5.74, 6) is 0.737. The standard InChI is InChI=1S/C23H27N3O2/c1-16(2)26-21-8-4-3-7-20(21)24-22(26)19-6-5-13-25(15-19)14-17-9-11-18(12-10-17)23(27)28/h3-4,7-12,16,19H,5-6,13-15H2,1-2H3,(H,27,28). The molecule has 1 aliphatic rings. The van der Waals surface area contributed by atoms with E-state index in [9.17, 15) is 4.79 Å². The molecular formula is C23H27N3O2. The Bertz CT molecular complexity index is 975. The van der Waals surface area contributed by atoms with E-state index >= 15 is 0 Å². The van der Waals surface area contributed by atoms with Crippen molar-refractivity contribution in [2.45, 2.75) is 45.2 Å². The molecular weight excluding hydrogens is 350 g/mol. The molecule has 0 bridgehead atoms. The number of piperidine rings is 1. The van der Waals surface area contributed by atoms with Crippen LogP contribution in [0.4, 0.5) is 0 Å². The molecule has 1 atom stereocenters. The van der Waals surface area contributed by atoms with Crippen molar-refractivity contribution in [1.29, 1.82) is 0 Å². The Morgan fingerprint density at radius 1 is 1.18 bits per heavy atom. The van der Waals surface area contributed by atoms with Crippen LogP contribution in [0.2, 0.25) is 0 Å². The van der Waals surface area contributed by atoms with Gasteiger partial charge in [0.25, 0.3) is 0 Å². The summed E-state index contributed by atoms with van der Waals surface area (Å²) in [5.41, 5.74) is 3.79. The van der Waals surface area contributed by atoms with E-state index in [0.717, 1.165) is 43.6 Å². The number of carboxylic acids is 1. The average Bonchev–Trinajstić information content (AvgIpc) is 3.08. The van der Waals surface area contributed by atoms with Crippen LogP contribution in [0.3, 0.4) is 0 Å². The lowest BCUT2D eigenvalue weighted by Crippen LogP contribution is -2.35. The van der Waals surface area contributed by atoms with Crippen molar-refractivity contribution in [3.05, 3.63) is 65.5 Å². The smallest absolute Gasteiger partial charge is 0.335 e. The Kier molecular flexibility index (Phi) is 5.18. The molecule has 5 nitrogen and oxygen atoms in total. The fraction of sp³-hybridized carbons (Fsp3) is 0.391. The summed E-state index contributed by atoms with van der Waals surface area (Å²) in [7, 11) is 0. The fourth-order valence-corrected chi connectivity index (χ4v) is 4.31. The summed E-state index contributed by atoms with van der Waals surface area (Å²) in [4.78, 5) is 18.5. The van der Waals surface area contributed by atoms with Gasteiger partial charge in [-0.2, -0.15) is 0 Å². The molecule has 0 spiro atoms. The van der Waals surface area contributed by atoms with Gasteiger partial charge < -0.3 is 9.67 Å². The van der Waals surface area contributed by atoms with Crippen molar-refractivity contribution in [1.82, 2.24) is 14.5 Å². The van der Waals surface area contributed by atoms with E-state index < -0.39 is 5.97 Å². The number of rotatable bonds is 5. The van der Waals surface area contributed by atoms with E-state index in [1.165, 1.54) is 11.3 Å². The maximum absolute atomic E-state index is 11.0. The molecule has 0 radical (unpaired) electrons. The third-order valence-corrected chi connectivity index (χ3v) is 5.62. The Balaban J connectivity index is 1.55. The van der Waals surface area contributed by atoms with E-state index in [1.807, 2.05) is 12.1 Å². The molecule has 5 heteroatoms. The fourth-order valence-electron chi connectivity index (χ4n) is 4.31. The minimum atomic E-state index is -0.878. The first-order chi connectivity index (χ1) is 13.5. The summed E-state index contributed by atoms with van der Waals surface area (Å²) in [5, 5.41) is 9.07. The molecule has 4 rings (SSSR count). The van der Waals surface area contributed by atoms with Gasteiger partial charge in [0.15, 0.2) is 0 Å². The van der Waals surface area contributed by atoms with Gasteiger partial charge in [0.2, 0.25) is 0 Å². The second-order valence-electron chi connectivity index (χ2n) is 8.00. The van der Waals surface area contributed by atoms with Crippen LogP contribution in [0.15, 0.2) is 48.5 Å². The second-order valence-corrected chi connectivity index (χ2v) is 8.00. The minimum Gasteiger partial charge on any atom is -0.478 e. The van der Waals surface area contributed by atoms with Gasteiger partial charge in [-0.05, 0) is 63.1 Å². The summed E-state index contributed by atoms with van der Waals surface area (Å²) in [6, 6.07) is 16.0. The monoisotopic (exact) mass is 377 g/mol. The third-order valence-electron chi connectivity index (χ3n) is 5.62. The minimum absolute atomic E-state index is 0.339. The van der Waals surface area contributed by atoms with E-state index in [-0.39, 0.29) is 0 Å². The summed E-state index contributed by atoms with van der Waals surface area (Å²) < 4.78 is 2.39. The molecule has 28 heavy (non-hydrogen) atoms. The molecule has 3 aromatic rings. The quantitative estimate of drug-likeness (QED) is 0.700. The van der Waals surface area contributed by atoms with Crippen LogP contribution < -0.4 is 0 Å². The molecule has 1 fully saturated rings. The highest BCUT2D eigenvalue weighted by Crippen LogP contribution is 2.32. The van der Waals surface area contributed by atoms with Crippen LogP contribution >= 0.6 is 0 Å². The lowest BCUT2D eigenvalue weighted by atomic mass is 9.96. The number of imidazole rings is 1. The second kappa shape index (κ2) is 7.76. The third kappa shape index (κ3) is 3.67. The number of para-hydroxylation sites is 2. The molecule has 1 saturated heterocycles. The summed E-state index contributed by atoms with van der Waals surface area (Å²) in [6.07, 6.45) is 2.31. The van der Waals surface area contributed by atoms with Crippen LogP contribution in [-0.2, 0) is 6.54 Å². The van der Waals surface area contributed by atoms with Crippen LogP contribution in [0.1, 0.15) is 60.4 Å². The molecule has 2 heterocycles. The van der Waals surface area contributed by atoms with Crippen molar-refractivity contribution in [2.24, 2.45) is 0 Å². The summed E-state index contributed by atoms with van der Waals surface area (Å²) >= 11 is 0. The first-order valence-electron chi connectivity index (χ1n) is 10.0. The van der Waals surface area contributed by atoms with Crippen molar-refractivity contribution in [2.75, 3.05) is 13.1 Å². The first-order valence-corrected chi connectivity index (χ1v) is 10.0. The van der Waals surface area contributed by atoms with Gasteiger partial charge >= 0.3 is 5.97 Å². The topological polar surface area (TPSA) is 58.4 Å². The van der Waals surface area contributed by atoms with Crippen molar-refractivity contribution < 1.29 is 9.90 Å². The zero-order chi connectivity index (χ0) is 19.7. The number of hydrogen-bond donors (Lipinski definition) is 1. The normalized spacial score (nSPS) is 18.0. The molecule has 0 amide bonds. The van der Waals surface area contributed by atoms with Crippen molar-refractivity contribution in [3.8, 4) is 0 Å². The van der Waals surface area contributed by atoms with Gasteiger partial charge in [-0.15, -0.1) is 0 Å². The van der Waals surface area contributed by atoms with Crippen molar-refractivity contribution >= 4 is 17.0 Å². The predicted octanol–water partition coefficient (Wildman–Crippen LogP) is 4.70. The number of carboxylic acid groups (broad SMARTS) is 1. The molecule has 0 saturated carbocycles. The van der Waals surface area contributed by atoms with Crippen molar-refractivity contribution in [3.63, 3.8) is 0 Å². The lowest BCUT2D eigenvalue weighted by molar-refractivity contribution is 0.0697. The highest BCUT2D eigenvalue weighted by Gasteiger charge is 2.27. The number of hydrogen-bond acceptors (Lipinski definition) is 3. The number of carbonyl (C=O) groups is 1. The van der Waals surface area contributed by atoms with Gasteiger partial charge in [-0.25, -0.2) is 9.78 Å². The van der Waals surface area contributed by atoms with Crippen LogP contribution in [0, 0.1) is 0 Å². The molecule has 1 aliphatic heterocycles. The zero-order valence-corrected chi connectivity index (χ0v) is 16.5. The van der Waals surface area contributed by atoms with Crippen LogP contribution in [-0.4, -0.2) is 38.6 Å². The maximum Gasteiger partial charge on any atom is 0.335 e. The maximum atomic E-state index is 11.0. The van der Waals surface area contributed by atoms with E-state index in [4.69, 9.17) is 10.1 Å². The Labute approximate surface area is 165 Å². The van der Waals surface area contributed by atoms with Gasteiger partial charge in [0, 0.05) is 25.0 Å². The summed E-state index contributed by atoms with van der Waals surface area (Å²) in [6.45, 7) is 7.35. The molecule has 2 aromatic carbocycles. The molecule has 1 unspecified atom stereocenters. The molecule has 146 valence electrons. The number of aromatic carboxylic acids is 1. The zero-order valence-electron chi connectivity index (χ0n) is 16.5. The number of aromatic nitrogens is 2. The highest BCUT2D eigenvalue weighted by molar-refractivity contribution is 5.87. The largest absolute Gasteiger partial charge is 0.478 e. The van der Waals surface area contributed by atoms with Crippen LogP contribution in [0.5, 0.6) is 0 Å². The number of fused-ring (bicyclic) bond motifs is 1. The highest BCUT2D eigenvalue weighted by atomic mass is 16.4. The van der Waals surface area contributed by atoms with E-state index in [0.29, 0.717) is 17.5 Å². The SMILES string of the molecule is CC(C)n1c(C2CCCN(Cc3ccc(C(=O)O)cc3)C2)nc2ccccc21. The number of benzene rings is 2. The van der Waals surface area contributed by atoms with E-state index in [2.05, 4.69) is 47.6 Å². The molecule has 0 aliphatic carbocycles. The average molecular weight is 377 g/mol. The Morgan fingerprint density at radius 3 is 2.64 bits per heavy atom. The first kappa shape index (κ1) is 18.7. The predicted molar refractivity (Wildman–Crippen MR) is 111 cm³/mol. The molecule has 1 aromatic heterocycles. The van der Waals surface area contributed by atoms with Gasteiger partial charge in [-0.3, -0.25) is 4.90 Å². The molecule has 1 N–H and O–H groups in total.